The van der Waals surface area contributed by atoms with Gasteiger partial charge in [0.25, 0.3) is 5.91 Å². The zero-order valence-electron chi connectivity index (χ0n) is 10.4. The summed E-state index contributed by atoms with van der Waals surface area (Å²) in [4.78, 5) is 11.4. The van der Waals surface area contributed by atoms with Crippen LogP contribution in [0.5, 0.6) is 5.75 Å². The first-order chi connectivity index (χ1) is 8.40. The maximum Gasteiger partial charge on any atom is 0.277 e. The Morgan fingerprint density at radius 3 is 2.61 bits per heavy atom. The molecule has 1 amide bonds. The molecule has 0 saturated heterocycles. The Morgan fingerprint density at radius 2 is 2.06 bits per heavy atom. The van der Waals surface area contributed by atoms with Gasteiger partial charge in [-0.1, -0.05) is 15.9 Å². The summed E-state index contributed by atoms with van der Waals surface area (Å²) in [6.07, 6.45) is 0. The highest BCUT2D eigenvalue weighted by molar-refractivity contribution is 9.11. The van der Waals surface area contributed by atoms with Gasteiger partial charge in [0.1, 0.15) is 5.75 Å². The highest BCUT2D eigenvalue weighted by atomic mass is 79.9. The van der Waals surface area contributed by atoms with Gasteiger partial charge >= 0.3 is 0 Å². The third-order valence-electron chi connectivity index (χ3n) is 1.95. The van der Waals surface area contributed by atoms with E-state index >= 15 is 0 Å². The number of hydrogen-bond acceptors (Lipinski definition) is 3. The number of nitrogens with zero attached hydrogens (tertiary/aromatic N) is 1. The van der Waals surface area contributed by atoms with Gasteiger partial charge in [0, 0.05) is 10.2 Å². The van der Waals surface area contributed by atoms with Gasteiger partial charge in [-0.3, -0.25) is 4.79 Å². The molecule has 1 aromatic rings. The molecular weight excluding hydrogens is 364 g/mol. The molecule has 1 aromatic carbocycles. The molecular formula is C12H14Br2N2O2. The lowest BCUT2D eigenvalue weighted by molar-refractivity contribution is -0.123. The highest BCUT2D eigenvalue weighted by Crippen LogP contribution is 2.32. The third-order valence-corrected chi connectivity index (χ3v) is 2.99. The molecule has 0 fully saturated rings. The van der Waals surface area contributed by atoms with Crippen molar-refractivity contribution in [2.45, 2.75) is 20.8 Å². The third kappa shape index (κ3) is 4.78. The van der Waals surface area contributed by atoms with Gasteiger partial charge < -0.3 is 4.74 Å². The molecule has 0 aliphatic carbocycles. The van der Waals surface area contributed by atoms with E-state index in [1.807, 2.05) is 19.1 Å². The van der Waals surface area contributed by atoms with Crippen LogP contribution in [0.25, 0.3) is 0 Å². The van der Waals surface area contributed by atoms with Crippen LogP contribution in [-0.4, -0.2) is 18.2 Å². The normalized spacial score (nSPS) is 9.83. The second-order valence-electron chi connectivity index (χ2n) is 3.92. The van der Waals surface area contributed by atoms with Crippen LogP contribution in [0.15, 0.2) is 26.2 Å². The van der Waals surface area contributed by atoms with Crippen LogP contribution in [0.4, 0.5) is 0 Å². The van der Waals surface area contributed by atoms with E-state index in [1.54, 1.807) is 13.8 Å². The first kappa shape index (κ1) is 15.2. The molecule has 0 heterocycles. The molecule has 6 heteroatoms. The first-order valence-corrected chi connectivity index (χ1v) is 6.87. The summed E-state index contributed by atoms with van der Waals surface area (Å²) < 4.78 is 7.22. The topological polar surface area (TPSA) is 50.7 Å². The van der Waals surface area contributed by atoms with Crippen molar-refractivity contribution in [3.63, 3.8) is 0 Å². The average Bonchev–Trinajstić information content (AvgIpc) is 2.24. The molecule has 0 spiro atoms. The lowest BCUT2D eigenvalue weighted by Crippen LogP contribution is -2.25. The summed E-state index contributed by atoms with van der Waals surface area (Å²) in [5.41, 5.74) is 4.13. The number of aryl methyl sites for hydroxylation is 1. The minimum Gasteiger partial charge on any atom is -0.482 e. The van der Waals surface area contributed by atoms with Gasteiger partial charge in [0.2, 0.25) is 0 Å². The van der Waals surface area contributed by atoms with Gasteiger partial charge in [-0.25, -0.2) is 5.43 Å². The monoisotopic (exact) mass is 376 g/mol. The standard InChI is InChI=1S/C12H14Br2N2O2/c1-7(2)15-16-11(17)6-18-12-8(3)4-9(13)5-10(12)14/h4-5H,6H2,1-3H3,(H,16,17). The molecule has 0 saturated carbocycles. The predicted molar refractivity (Wildman–Crippen MR) is 79.0 cm³/mol. The molecule has 18 heavy (non-hydrogen) atoms. The SMILES string of the molecule is CC(C)=NNC(=O)COc1c(C)cc(Br)cc1Br. The first-order valence-electron chi connectivity index (χ1n) is 5.28. The number of carbonyl (C=O) groups excluding carboxylic acids is 1. The van der Waals surface area contributed by atoms with Crippen LogP contribution >= 0.6 is 31.9 Å². The fourth-order valence-corrected chi connectivity index (χ4v) is 2.77. The minimum atomic E-state index is -0.287. The van der Waals surface area contributed by atoms with Crippen LogP contribution in [0.1, 0.15) is 19.4 Å². The van der Waals surface area contributed by atoms with Crippen molar-refractivity contribution in [2.24, 2.45) is 5.10 Å². The van der Waals surface area contributed by atoms with Gasteiger partial charge in [0.15, 0.2) is 6.61 Å². The van der Waals surface area contributed by atoms with Crippen molar-refractivity contribution in [1.29, 1.82) is 0 Å². The van der Waals surface area contributed by atoms with Gasteiger partial charge in [-0.15, -0.1) is 0 Å². The summed E-state index contributed by atoms with van der Waals surface area (Å²) >= 11 is 6.78. The molecule has 98 valence electrons. The summed E-state index contributed by atoms with van der Waals surface area (Å²) in [6.45, 7) is 5.45. The van der Waals surface area contributed by atoms with E-state index in [0.717, 1.165) is 20.2 Å². The Bertz CT molecular complexity index is 460. The van der Waals surface area contributed by atoms with Crippen molar-refractivity contribution in [2.75, 3.05) is 6.61 Å². The molecule has 0 radical (unpaired) electrons. The maximum atomic E-state index is 11.4. The Hall–Kier alpha value is -0.880. The summed E-state index contributed by atoms with van der Waals surface area (Å²) in [6, 6.07) is 3.79. The van der Waals surface area contributed by atoms with Gasteiger partial charge in [-0.05, 0) is 54.4 Å². The zero-order chi connectivity index (χ0) is 13.7. The number of amides is 1. The molecule has 0 aromatic heterocycles. The van der Waals surface area contributed by atoms with E-state index in [-0.39, 0.29) is 12.5 Å². The minimum absolute atomic E-state index is 0.0716. The second-order valence-corrected chi connectivity index (χ2v) is 5.69. The zero-order valence-corrected chi connectivity index (χ0v) is 13.6. The van der Waals surface area contributed by atoms with Crippen molar-refractivity contribution < 1.29 is 9.53 Å². The van der Waals surface area contributed by atoms with E-state index < -0.39 is 0 Å². The summed E-state index contributed by atoms with van der Waals surface area (Å²) in [5, 5.41) is 3.81. The van der Waals surface area contributed by atoms with Crippen molar-refractivity contribution in [3.05, 3.63) is 26.6 Å². The molecule has 0 aliphatic heterocycles. The number of rotatable bonds is 4. The van der Waals surface area contributed by atoms with Crippen molar-refractivity contribution in [3.8, 4) is 5.75 Å². The largest absolute Gasteiger partial charge is 0.482 e. The summed E-state index contributed by atoms with van der Waals surface area (Å²) in [5.74, 6) is 0.371. The number of ether oxygens (including phenoxy) is 1. The van der Waals surface area contributed by atoms with Gasteiger partial charge in [-0.2, -0.15) is 5.10 Å². The highest BCUT2D eigenvalue weighted by Gasteiger charge is 2.09. The molecule has 4 nitrogen and oxygen atoms in total. The van der Waals surface area contributed by atoms with E-state index in [9.17, 15) is 4.79 Å². The van der Waals surface area contributed by atoms with Crippen LogP contribution in [0.3, 0.4) is 0 Å². The van der Waals surface area contributed by atoms with E-state index in [4.69, 9.17) is 4.74 Å². The smallest absolute Gasteiger partial charge is 0.277 e. The van der Waals surface area contributed by atoms with Crippen LogP contribution in [0, 0.1) is 6.92 Å². The Labute approximate surface area is 123 Å². The van der Waals surface area contributed by atoms with Crippen LogP contribution < -0.4 is 10.2 Å². The van der Waals surface area contributed by atoms with Crippen molar-refractivity contribution >= 4 is 43.5 Å². The molecule has 1 N–H and O–H groups in total. The maximum absolute atomic E-state index is 11.4. The lowest BCUT2D eigenvalue weighted by Gasteiger charge is -2.10. The van der Waals surface area contributed by atoms with Gasteiger partial charge in [0.05, 0.1) is 4.47 Å². The number of nitrogens with one attached hydrogen (secondary N) is 1. The average molecular weight is 378 g/mol. The predicted octanol–water partition coefficient (Wildman–Crippen LogP) is 3.41. The number of benzene rings is 1. The number of carbonyl (C=O) groups is 1. The second kappa shape index (κ2) is 6.89. The fraction of sp³-hybridized carbons (Fsp3) is 0.333. The lowest BCUT2D eigenvalue weighted by atomic mass is 10.2. The fourth-order valence-electron chi connectivity index (χ4n) is 1.22. The Morgan fingerprint density at radius 1 is 1.39 bits per heavy atom. The molecule has 0 bridgehead atoms. The Kier molecular flexibility index (Phi) is 5.81. The number of halogens is 2. The van der Waals surface area contributed by atoms with E-state index in [2.05, 4.69) is 42.4 Å². The van der Waals surface area contributed by atoms with Crippen molar-refractivity contribution in [1.82, 2.24) is 5.43 Å². The summed E-state index contributed by atoms with van der Waals surface area (Å²) in [7, 11) is 0. The van der Waals surface area contributed by atoms with E-state index in [1.165, 1.54) is 0 Å². The quantitative estimate of drug-likeness (QED) is 0.645. The van der Waals surface area contributed by atoms with E-state index in [0.29, 0.717) is 5.75 Å². The molecule has 0 atom stereocenters. The molecule has 1 rings (SSSR count). The molecule has 0 unspecified atom stereocenters. The number of hydrogen-bond donors (Lipinski definition) is 1. The molecule has 0 aliphatic rings. The number of hydrazone groups is 1. The Balaban J connectivity index is 2.64. The van der Waals surface area contributed by atoms with Crippen LogP contribution in [-0.2, 0) is 4.79 Å². The van der Waals surface area contributed by atoms with Crippen LogP contribution in [0.2, 0.25) is 0 Å².